The van der Waals surface area contributed by atoms with Crippen LogP contribution in [0.4, 0.5) is 10.3 Å². The maximum absolute atomic E-state index is 13.5. The third kappa shape index (κ3) is 3.58. The van der Waals surface area contributed by atoms with Gasteiger partial charge in [-0.1, -0.05) is 6.07 Å². The number of hydrogen-bond donors (Lipinski definition) is 1. The first-order chi connectivity index (χ1) is 14.1. The van der Waals surface area contributed by atoms with Crippen LogP contribution in [-0.4, -0.2) is 58.7 Å². The number of halogens is 1. The Bertz CT molecular complexity index is 1250. The second kappa shape index (κ2) is 7.17. The molecule has 0 radical (unpaired) electrons. The van der Waals surface area contributed by atoms with Crippen LogP contribution < -0.4 is 10.5 Å². The summed E-state index contributed by atoms with van der Waals surface area (Å²) in [5, 5.41) is 4.70. The molecular weight excluding hydrogens is 411 g/mol. The molecule has 2 aromatic heterocycles. The Morgan fingerprint density at radius 2 is 1.83 bits per heavy atom. The van der Waals surface area contributed by atoms with Crippen molar-refractivity contribution in [3.63, 3.8) is 0 Å². The maximum atomic E-state index is 13.5. The number of hydrogen-bond acceptors (Lipinski definition) is 6. The van der Waals surface area contributed by atoms with Gasteiger partial charge in [0.25, 0.3) is 5.56 Å². The van der Waals surface area contributed by atoms with Gasteiger partial charge in [-0.2, -0.15) is 14.4 Å². The standard InChI is InChI=1S/C19H23FN6O3S/c1-19(2,3)26-16-15(12-21-26)17(27)23-18(22-16)24-7-9-25(10-8-24)30(28,29)14-6-4-5-13(20)11-14/h4-6,11-12H,7-10H2,1-3H3,(H,22,23,27). The van der Waals surface area contributed by atoms with Crippen LogP contribution in [-0.2, 0) is 15.6 Å². The highest BCUT2D eigenvalue weighted by Gasteiger charge is 2.30. The summed E-state index contributed by atoms with van der Waals surface area (Å²) in [5.41, 5.74) is -0.159. The first-order valence-electron chi connectivity index (χ1n) is 9.56. The minimum absolute atomic E-state index is 0.0713. The average Bonchev–Trinajstić information content (AvgIpc) is 3.13. The zero-order valence-electron chi connectivity index (χ0n) is 17.0. The molecule has 30 heavy (non-hydrogen) atoms. The largest absolute Gasteiger partial charge is 0.340 e. The lowest BCUT2D eigenvalue weighted by Gasteiger charge is -2.34. The molecule has 1 saturated heterocycles. The number of benzene rings is 1. The number of aromatic amines is 1. The van der Waals surface area contributed by atoms with Crippen LogP contribution in [0.3, 0.4) is 0 Å². The van der Waals surface area contributed by atoms with Crippen LogP contribution in [0, 0.1) is 5.82 Å². The van der Waals surface area contributed by atoms with E-state index in [1.165, 1.54) is 28.7 Å². The third-order valence-corrected chi connectivity index (χ3v) is 6.93. The average molecular weight is 434 g/mol. The highest BCUT2D eigenvalue weighted by atomic mass is 32.2. The lowest BCUT2D eigenvalue weighted by Crippen LogP contribution is -2.49. The van der Waals surface area contributed by atoms with Gasteiger partial charge in [-0.15, -0.1) is 0 Å². The van der Waals surface area contributed by atoms with Crippen LogP contribution in [0.1, 0.15) is 20.8 Å². The molecule has 1 aliphatic rings. The van der Waals surface area contributed by atoms with Crippen LogP contribution in [0.15, 0.2) is 40.2 Å². The fourth-order valence-corrected chi connectivity index (χ4v) is 4.92. The van der Waals surface area contributed by atoms with Crippen molar-refractivity contribution in [3.05, 3.63) is 46.6 Å². The monoisotopic (exact) mass is 434 g/mol. The number of rotatable bonds is 3. The van der Waals surface area contributed by atoms with E-state index < -0.39 is 15.8 Å². The van der Waals surface area contributed by atoms with E-state index in [0.29, 0.717) is 30.1 Å². The van der Waals surface area contributed by atoms with Gasteiger partial charge in [0.1, 0.15) is 11.2 Å². The second-order valence-corrected chi connectivity index (χ2v) is 10.1. The van der Waals surface area contributed by atoms with Gasteiger partial charge < -0.3 is 4.90 Å². The molecule has 0 unspecified atom stereocenters. The van der Waals surface area contributed by atoms with Gasteiger partial charge in [-0.25, -0.2) is 17.5 Å². The van der Waals surface area contributed by atoms with Crippen molar-refractivity contribution < 1.29 is 12.8 Å². The molecule has 160 valence electrons. The second-order valence-electron chi connectivity index (χ2n) is 8.20. The summed E-state index contributed by atoms with van der Waals surface area (Å²) in [6.45, 7) is 6.98. The van der Waals surface area contributed by atoms with E-state index in [1.807, 2.05) is 25.7 Å². The predicted molar refractivity (Wildman–Crippen MR) is 111 cm³/mol. The zero-order valence-corrected chi connectivity index (χ0v) is 17.8. The topological polar surface area (TPSA) is 104 Å². The van der Waals surface area contributed by atoms with Crippen LogP contribution >= 0.6 is 0 Å². The summed E-state index contributed by atoms with van der Waals surface area (Å²) < 4.78 is 42.1. The number of anilines is 1. The summed E-state index contributed by atoms with van der Waals surface area (Å²) in [6, 6.07) is 4.98. The number of aromatic nitrogens is 4. The normalized spacial score (nSPS) is 16.3. The van der Waals surface area contributed by atoms with Gasteiger partial charge in [-0.3, -0.25) is 9.78 Å². The highest BCUT2D eigenvalue weighted by molar-refractivity contribution is 7.89. The van der Waals surface area contributed by atoms with Gasteiger partial charge in [0, 0.05) is 26.2 Å². The van der Waals surface area contributed by atoms with Crippen molar-refractivity contribution >= 4 is 27.0 Å². The Balaban J connectivity index is 1.59. The quantitative estimate of drug-likeness (QED) is 0.670. The van der Waals surface area contributed by atoms with E-state index in [-0.39, 0.29) is 29.1 Å². The van der Waals surface area contributed by atoms with E-state index in [9.17, 15) is 17.6 Å². The first-order valence-corrected chi connectivity index (χ1v) is 11.0. The SMILES string of the molecule is CC(C)(C)n1ncc2c(=O)[nH]c(N3CCN(S(=O)(=O)c4cccc(F)c4)CC3)nc21. The van der Waals surface area contributed by atoms with E-state index in [2.05, 4.69) is 15.1 Å². The van der Waals surface area contributed by atoms with Gasteiger partial charge in [-0.05, 0) is 39.0 Å². The lowest BCUT2D eigenvalue weighted by atomic mass is 10.1. The van der Waals surface area contributed by atoms with Gasteiger partial charge in [0.15, 0.2) is 5.65 Å². The van der Waals surface area contributed by atoms with Crippen molar-refractivity contribution in [2.24, 2.45) is 0 Å². The van der Waals surface area contributed by atoms with Gasteiger partial charge >= 0.3 is 0 Å². The zero-order chi connectivity index (χ0) is 21.7. The molecule has 11 heteroatoms. The lowest BCUT2D eigenvalue weighted by molar-refractivity contribution is 0.365. The van der Waals surface area contributed by atoms with E-state index in [1.54, 1.807) is 4.68 Å². The molecule has 0 atom stereocenters. The Labute approximate surface area is 173 Å². The van der Waals surface area contributed by atoms with Crippen LogP contribution in [0.2, 0.25) is 0 Å². The summed E-state index contributed by atoms with van der Waals surface area (Å²) in [4.78, 5) is 21.6. The number of nitrogens with one attached hydrogen (secondary N) is 1. The first kappa shape index (κ1) is 20.5. The molecule has 3 aromatic rings. The van der Waals surface area contributed by atoms with Gasteiger partial charge in [0.2, 0.25) is 16.0 Å². The molecule has 0 aliphatic carbocycles. The minimum atomic E-state index is -3.79. The smallest absolute Gasteiger partial charge is 0.263 e. The molecule has 0 saturated carbocycles. The maximum Gasteiger partial charge on any atom is 0.263 e. The molecule has 1 fully saturated rings. The molecule has 0 bridgehead atoms. The van der Waals surface area contributed by atoms with Crippen molar-refractivity contribution in [1.29, 1.82) is 0 Å². The fourth-order valence-electron chi connectivity index (χ4n) is 3.46. The number of piperazine rings is 1. The molecular formula is C19H23FN6O3S. The molecule has 3 heterocycles. The van der Waals surface area contributed by atoms with Crippen molar-refractivity contribution in [2.45, 2.75) is 31.2 Å². The molecule has 9 nitrogen and oxygen atoms in total. The van der Waals surface area contributed by atoms with Crippen molar-refractivity contribution in [1.82, 2.24) is 24.1 Å². The Morgan fingerprint density at radius 1 is 1.13 bits per heavy atom. The summed E-state index contributed by atoms with van der Waals surface area (Å²) >= 11 is 0. The minimum Gasteiger partial charge on any atom is -0.340 e. The number of H-pyrrole nitrogens is 1. The molecule has 1 aromatic carbocycles. The van der Waals surface area contributed by atoms with E-state index in [4.69, 9.17) is 0 Å². The van der Waals surface area contributed by atoms with Crippen LogP contribution in [0.25, 0.3) is 11.0 Å². The number of sulfonamides is 1. The summed E-state index contributed by atoms with van der Waals surface area (Å²) in [7, 11) is -3.79. The number of nitrogens with zero attached hydrogens (tertiary/aromatic N) is 5. The highest BCUT2D eigenvalue weighted by Crippen LogP contribution is 2.22. The Kier molecular flexibility index (Phi) is 4.89. The molecule has 0 amide bonds. The summed E-state index contributed by atoms with van der Waals surface area (Å²) in [5.74, 6) is -0.221. The molecule has 4 rings (SSSR count). The molecule has 1 aliphatic heterocycles. The fraction of sp³-hybridized carbons (Fsp3) is 0.421. The van der Waals surface area contributed by atoms with Crippen molar-refractivity contribution in [3.8, 4) is 0 Å². The van der Waals surface area contributed by atoms with Crippen molar-refractivity contribution in [2.75, 3.05) is 31.1 Å². The van der Waals surface area contributed by atoms with E-state index in [0.717, 1.165) is 6.07 Å². The van der Waals surface area contributed by atoms with Gasteiger partial charge in [0.05, 0.1) is 16.6 Å². The Morgan fingerprint density at radius 3 is 2.47 bits per heavy atom. The number of fused-ring (bicyclic) bond motifs is 1. The third-order valence-electron chi connectivity index (χ3n) is 5.03. The molecule has 1 N–H and O–H groups in total. The Hall–Kier alpha value is -2.79. The predicted octanol–water partition coefficient (Wildman–Crippen LogP) is 1.52. The molecule has 0 spiro atoms. The van der Waals surface area contributed by atoms with E-state index >= 15 is 0 Å². The van der Waals surface area contributed by atoms with Crippen LogP contribution in [0.5, 0.6) is 0 Å². The summed E-state index contributed by atoms with van der Waals surface area (Å²) in [6.07, 6.45) is 1.50.